The van der Waals surface area contributed by atoms with Gasteiger partial charge >= 0.3 is 0 Å². The Labute approximate surface area is 101 Å². The zero-order chi connectivity index (χ0) is 12.3. The molecule has 1 atom stereocenters. The number of benzene rings is 1. The van der Waals surface area contributed by atoms with Crippen LogP contribution in [0, 0.1) is 18.7 Å². The lowest BCUT2D eigenvalue weighted by Crippen LogP contribution is -2.23. The Morgan fingerprint density at radius 1 is 1.41 bits per heavy atom. The van der Waals surface area contributed by atoms with E-state index in [9.17, 15) is 9.18 Å². The Kier molecular flexibility index (Phi) is 3.57. The van der Waals surface area contributed by atoms with Gasteiger partial charge in [0, 0.05) is 11.6 Å². The first-order chi connectivity index (χ1) is 8.16. The standard InChI is InChI=1S/C14H16FNO/c1-10-9-12(15)7-8-13(10)16-14(17)11-5-3-2-4-6-11/h2-3,7-9,11H,4-6H2,1H3,(H,16,17)/t11-/m1/s1. The minimum Gasteiger partial charge on any atom is -0.326 e. The van der Waals surface area contributed by atoms with Crippen LogP contribution in [-0.4, -0.2) is 5.91 Å². The molecule has 1 aliphatic rings. The molecule has 0 unspecified atom stereocenters. The zero-order valence-corrected chi connectivity index (χ0v) is 9.87. The number of rotatable bonds is 2. The second kappa shape index (κ2) is 5.13. The normalized spacial score (nSPS) is 19.1. The lowest BCUT2D eigenvalue weighted by molar-refractivity contribution is -0.120. The fraction of sp³-hybridized carbons (Fsp3) is 0.357. The molecule has 1 amide bonds. The van der Waals surface area contributed by atoms with Crippen LogP contribution in [0.4, 0.5) is 10.1 Å². The maximum atomic E-state index is 12.9. The molecule has 2 nitrogen and oxygen atoms in total. The number of aryl methyl sites for hydroxylation is 1. The van der Waals surface area contributed by atoms with Crippen molar-refractivity contribution < 1.29 is 9.18 Å². The van der Waals surface area contributed by atoms with Crippen molar-refractivity contribution in [3.63, 3.8) is 0 Å². The van der Waals surface area contributed by atoms with Crippen LogP contribution in [0.1, 0.15) is 24.8 Å². The lowest BCUT2D eigenvalue weighted by Gasteiger charge is -2.18. The van der Waals surface area contributed by atoms with Crippen LogP contribution in [0.5, 0.6) is 0 Å². The van der Waals surface area contributed by atoms with Crippen LogP contribution in [0.2, 0.25) is 0 Å². The van der Waals surface area contributed by atoms with Gasteiger partial charge in [-0.1, -0.05) is 12.2 Å². The Morgan fingerprint density at radius 3 is 2.88 bits per heavy atom. The average molecular weight is 233 g/mol. The van der Waals surface area contributed by atoms with Crippen molar-refractivity contribution in [1.82, 2.24) is 0 Å². The summed E-state index contributed by atoms with van der Waals surface area (Å²) in [6, 6.07) is 4.40. The molecule has 0 aromatic heterocycles. The minimum atomic E-state index is -0.277. The van der Waals surface area contributed by atoms with Crippen LogP contribution < -0.4 is 5.32 Å². The Balaban J connectivity index is 2.05. The van der Waals surface area contributed by atoms with Crippen LogP contribution in [0.15, 0.2) is 30.4 Å². The molecule has 90 valence electrons. The summed E-state index contributed by atoms with van der Waals surface area (Å²) < 4.78 is 12.9. The van der Waals surface area contributed by atoms with E-state index >= 15 is 0 Å². The number of allylic oxidation sites excluding steroid dienone is 2. The van der Waals surface area contributed by atoms with Gasteiger partial charge < -0.3 is 5.32 Å². The van der Waals surface area contributed by atoms with Gasteiger partial charge in [0.05, 0.1) is 0 Å². The van der Waals surface area contributed by atoms with Crippen LogP contribution in [0.3, 0.4) is 0 Å². The average Bonchev–Trinajstić information content (AvgIpc) is 2.34. The van der Waals surface area contributed by atoms with Crippen LogP contribution in [0.25, 0.3) is 0 Å². The molecule has 0 saturated heterocycles. The summed E-state index contributed by atoms with van der Waals surface area (Å²) in [7, 11) is 0. The van der Waals surface area contributed by atoms with Crippen molar-refractivity contribution in [1.29, 1.82) is 0 Å². The molecule has 1 aromatic carbocycles. The third-order valence-electron chi connectivity index (χ3n) is 3.09. The van der Waals surface area contributed by atoms with Crippen LogP contribution in [-0.2, 0) is 4.79 Å². The van der Waals surface area contributed by atoms with E-state index in [0.717, 1.165) is 24.8 Å². The maximum absolute atomic E-state index is 12.9. The van der Waals surface area contributed by atoms with Gasteiger partial charge in [0.25, 0.3) is 0 Å². The molecule has 1 N–H and O–H groups in total. The number of nitrogens with one attached hydrogen (secondary N) is 1. The quantitative estimate of drug-likeness (QED) is 0.779. The van der Waals surface area contributed by atoms with Crippen molar-refractivity contribution in [2.75, 3.05) is 5.32 Å². The highest BCUT2D eigenvalue weighted by atomic mass is 19.1. The molecule has 0 spiro atoms. The number of anilines is 1. The highest BCUT2D eigenvalue weighted by Gasteiger charge is 2.19. The summed E-state index contributed by atoms with van der Waals surface area (Å²) in [6.07, 6.45) is 6.80. The fourth-order valence-corrected chi connectivity index (χ4v) is 2.03. The van der Waals surface area contributed by atoms with Crippen molar-refractivity contribution in [2.24, 2.45) is 5.92 Å². The third-order valence-corrected chi connectivity index (χ3v) is 3.09. The third kappa shape index (κ3) is 2.93. The molecule has 0 heterocycles. The predicted octanol–water partition coefficient (Wildman–Crippen LogP) is 3.43. The molecule has 0 bridgehead atoms. The predicted molar refractivity (Wildman–Crippen MR) is 66.2 cm³/mol. The van der Waals surface area contributed by atoms with E-state index in [1.54, 1.807) is 13.0 Å². The Bertz CT molecular complexity index is 454. The van der Waals surface area contributed by atoms with Gasteiger partial charge in [0.2, 0.25) is 5.91 Å². The number of carbonyl (C=O) groups excluding carboxylic acids is 1. The number of carbonyl (C=O) groups is 1. The molecule has 0 fully saturated rings. The Hall–Kier alpha value is -1.64. The van der Waals surface area contributed by atoms with Gasteiger partial charge in [-0.3, -0.25) is 4.79 Å². The molecule has 1 aliphatic carbocycles. The van der Waals surface area contributed by atoms with Gasteiger partial charge in [-0.25, -0.2) is 4.39 Å². The molecule has 0 aliphatic heterocycles. The van der Waals surface area contributed by atoms with E-state index < -0.39 is 0 Å². The first-order valence-corrected chi connectivity index (χ1v) is 5.89. The minimum absolute atomic E-state index is 0.0315. The topological polar surface area (TPSA) is 29.1 Å². The number of amides is 1. The molecule has 0 saturated carbocycles. The van der Waals surface area contributed by atoms with Crippen molar-refractivity contribution in [2.45, 2.75) is 26.2 Å². The fourth-order valence-electron chi connectivity index (χ4n) is 2.03. The van der Waals surface area contributed by atoms with E-state index in [0.29, 0.717) is 5.69 Å². The highest BCUT2D eigenvalue weighted by molar-refractivity contribution is 5.93. The summed E-state index contributed by atoms with van der Waals surface area (Å²) in [4.78, 5) is 12.0. The summed E-state index contributed by atoms with van der Waals surface area (Å²) >= 11 is 0. The number of hydrogen-bond acceptors (Lipinski definition) is 1. The molecule has 17 heavy (non-hydrogen) atoms. The van der Waals surface area contributed by atoms with E-state index in [2.05, 4.69) is 11.4 Å². The summed E-state index contributed by atoms with van der Waals surface area (Å²) in [5, 5.41) is 2.87. The Morgan fingerprint density at radius 2 is 2.24 bits per heavy atom. The van der Waals surface area contributed by atoms with Gasteiger partial charge in [0.1, 0.15) is 5.82 Å². The second-order valence-corrected chi connectivity index (χ2v) is 4.43. The van der Waals surface area contributed by atoms with E-state index in [1.807, 2.05) is 6.08 Å². The highest BCUT2D eigenvalue weighted by Crippen LogP contribution is 2.22. The van der Waals surface area contributed by atoms with E-state index in [1.165, 1.54) is 12.1 Å². The van der Waals surface area contributed by atoms with Gasteiger partial charge in [-0.15, -0.1) is 0 Å². The largest absolute Gasteiger partial charge is 0.326 e. The molecule has 2 rings (SSSR count). The first-order valence-electron chi connectivity index (χ1n) is 5.89. The summed E-state index contributed by atoms with van der Waals surface area (Å²) in [6.45, 7) is 1.79. The number of halogens is 1. The van der Waals surface area contributed by atoms with E-state index in [4.69, 9.17) is 0 Å². The molecule has 0 radical (unpaired) electrons. The monoisotopic (exact) mass is 233 g/mol. The molecule has 3 heteroatoms. The summed E-state index contributed by atoms with van der Waals surface area (Å²) in [5.41, 5.74) is 1.45. The van der Waals surface area contributed by atoms with Crippen molar-refractivity contribution in [3.8, 4) is 0 Å². The lowest BCUT2D eigenvalue weighted by atomic mass is 9.93. The van der Waals surface area contributed by atoms with Crippen molar-refractivity contribution in [3.05, 3.63) is 41.7 Å². The second-order valence-electron chi connectivity index (χ2n) is 4.43. The zero-order valence-electron chi connectivity index (χ0n) is 9.87. The molecule has 1 aromatic rings. The number of hydrogen-bond donors (Lipinski definition) is 1. The van der Waals surface area contributed by atoms with Crippen molar-refractivity contribution >= 4 is 11.6 Å². The van der Waals surface area contributed by atoms with Gasteiger partial charge in [0.15, 0.2) is 0 Å². The van der Waals surface area contributed by atoms with E-state index in [-0.39, 0.29) is 17.6 Å². The van der Waals surface area contributed by atoms with Gasteiger partial charge in [-0.2, -0.15) is 0 Å². The smallest absolute Gasteiger partial charge is 0.227 e. The maximum Gasteiger partial charge on any atom is 0.227 e. The molecular formula is C14H16FNO. The van der Waals surface area contributed by atoms with Crippen LogP contribution >= 0.6 is 0 Å². The SMILES string of the molecule is Cc1cc(F)ccc1NC(=O)[C@@H]1CC=CCC1. The summed E-state index contributed by atoms with van der Waals surface area (Å²) in [5.74, 6) is -0.199. The molecular weight excluding hydrogens is 217 g/mol. The van der Waals surface area contributed by atoms with Gasteiger partial charge in [-0.05, 0) is 49.9 Å². The first kappa shape index (κ1) is 11.8.